The number of para-hydroxylation sites is 1. The molecule has 0 saturated carbocycles. The second-order valence-electron chi connectivity index (χ2n) is 4.00. The maximum Gasteiger partial charge on any atom is 0.138 e. The normalized spacial score (nSPS) is 21.3. The summed E-state index contributed by atoms with van der Waals surface area (Å²) < 4.78 is 6.66. The maximum absolute atomic E-state index is 5.62. The average molecular weight is 266 g/mol. The summed E-state index contributed by atoms with van der Waals surface area (Å²) in [5, 5.41) is 4.57. The Balaban J connectivity index is 2.17. The van der Waals surface area contributed by atoms with Gasteiger partial charge in [-0.15, -0.1) is 0 Å². The summed E-state index contributed by atoms with van der Waals surface area (Å²) in [5.41, 5.74) is 2.38. The molecule has 0 aliphatic carbocycles. The molecule has 1 fully saturated rings. The second kappa shape index (κ2) is 3.65. The van der Waals surface area contributed by atoms with Gasteiger partial charge >= 0.3 is 0 Å². The molecule has 78 valence electrons. The van der Waals surface area contributed by atoms with Gasteiger partial charge < -0.3 is 9.73 Å². The van der Waals surface area contributed by atoms with Crippen molar-refractivity contribution in [2.75, 3.05) is 13.1 Å². The van der Waals surface area contributed by atoms with Crippen molar-refractivity contribution in [3.63, 3.8) is 0 Å². The molecule has 0 amide bonds. The van der Waals surface area contributed by atoms with Gasteiger partial charge in [-0.3, -0.25) is 0 Å². The molecule has 3 rings (SSSR count). The third kappa shape index (κ3) is 1.50. The van der Waals surface area contributed by atoms with Gasteiger partial charge in [-0.25, -0.2) is 0 Å². The van der Waals surface area contributed by atoms with Crippen molar-refractivity contribution in [2.45, 2.75) is 12.3 Å². The van der Waals surface area contributed by atoms with Crippen molar-refractivity contribution in [3.05, 3.63) is 34.5 Å². The molecule has 15 heavy (non-hydrogen) atoms. The molecule has 1 aliphatic heterocycles. The zero-order valence-electron chi connectivity index (χ0n) is 8.29. The van der Waals surface area contributed by atoms with Crippen molar-refractivity contribution in [1.82, 2.24) is 5.32 Å². The largest absolute Gasteiger partial charge is 0.463 e. The van der Waals surface area contributed by atoms with Crippen LogP contribution in [0.3, 0.4) is 0 Å². The molecule has 0 bridgehead atoms. The standard InChI is InChI=1S/C12H12BrNO/c13-11-7-15-12-9(2-1-3-10(11)12)8-4-5-14-6-8/h1-3,7-8,14H,4-6H2. The molecule has 2 nitrogen and oxygen atoms in total. The zero-order valence-corrected chi connectivity index (χ0v) is 9.88. The Hall–Kier alpha value is -0.800. The van der Waals surface area contributed by atoms with Crippen molar-refractivity contribution in [1.29, 1.82) is 0 Å². The summed E-state index contributed by atoms with van der Waals surface area (Å²) in [6, 6.07) is 6.38. The highest BCUT2D eigenvalue weighted by molar-refractivity contribution is 9.10. The minimum absolute atomic E-state index is 0.603. The molecule has 1 unspecified atom stereocenters. The molecule has 0 spiro atoms. The van der Waals surface area contributed by atoms with Crippen LogP contribution in [0.1, 0.15) is 17.9 Å². The summed E-state index contributed by atoms with van der Waals surface area (Å²) in [7, 11) is 0. The Bertz CT molecular complexity index is 485. The fraction of sp³-hybridized carbons (Fsp3) is 0.333. The van der Waals surface area contributed by atoms with Gasteiger partial charge in [-0.2, -0.15) is 0 Å². The van der Waals surface area contributed by atoms with Crippen LogP contribution < -0.4 is 5.32 Å². The van der Waals surface area contributed by atoms with Crippen LogP contribution in [0.5, 0.6) is 0 Å². The maximum atomic E-state index is 5.62. The van der Waals surface area contributed by atoms with Crippen molar-refractivity contribution >= 4 is 26.9 Å². The molecular weight excluding hydrogens is 254 g/mol. The van der Waals surface area contributed by atoms with Gasteiger partial charge in [0.05, 0.1) is 4.47 Å². The van der Waals surface area contributed by atoms with Gasteiger partial charge in [-0.1, -0.05) is 12.1 Å². The first-order valence-corrected chi connectivity index (χ1v) is 6.02. The van der Waals surface area contributed by atoms with Crippen molar-refractivity contribution in [3.8, 4) is 0 Å². The number of hydrogen-bond acceptors (Lipinski definition) is 2. The summed E-state index contributed by atoms with van der Waals surface area (Å²) in [6.45, 7) is 2.18. The molecule has 1 N–H and O–H groups in total. The Morgan fingerprint density at radius 2 is 2.33 bits per heavy atom. The lowest BCUT2D eigenvalue weighted by molar-refractivity contribution is 0.602. The van der Waals surface area contributed by atoms with Crippen LogP contribution in [0.4, 0.5) is 0 Å². The summed E-state index contributed by atoms with van der Waals surface area (Å²) in [5.74, 6) is 0.603. The van der Waals surface area contributed by atoms with Gasteiger partial charge in [0, 0.05) is 17.8 Å². The third-order valence-corrected chi connectivity index (χ3v) is 3.70. The number of rotatable bonds is 1. The number of benzene rings is 1. The van der Waals surface area contributed by atoms with E-state index in [1.807, 2.05) is 0 Å². The fourth-order valence-electron chi connectivity index (χ4n) is 2.29. The van der Waals surface area contributed by atoms with E-state index in [1.165, 1.54) is 17.4 Å². The van der Waals surface area contributed by atoms with Gasteiger partial charge in [0.25, 0.3) is 0 Å². The SMILES string of the molecule is Brc1coc2c(C3CCNC3)cccc12. The van der Waals surface area contributed by atoms with Crippen LogP contribution in [-0.2, 0) is 0 Å². The van der Waals surface area contributed by atoms with E-state index < -0.39 is 0 Å². The fourth-order valence-corrected chi connectivity index (χ4v) is 2.70. The minimum Gasteiger partial charge on any atom is -0.463 e. The summed E-state index contributed by atoms with van der Waals surface area (Å²) >= 11 is 3.50. The smallest absolute Gasteiger partial charge is 0.138 e. The summed E-state index contributed by atoms with van der Waals surface area (Å²) in [6.07, 6.45) is 2.98. The van der Waals surface area contributed by atoms with E-state index in [9.17, 15) is 0 Å². The minimum atomic E-state index is 0.603. The highest BCUT2D eigenvalue weighted by Gasteiger charge is 2.20. The van der Waals surface area contributed by atoms with Gasteiger partial charge in [0.2, 0.25) is 0 Å². The Morgan fingerprint density at radius 1 is 1.40 bits per heavy atom. The van der Waals surface area contributed by atoms with Crippen LogP contribution in [0, 0.1) is 0 Å². The molecular formula is C12H12BrNO. The second-order valence-corrected chi connectivity index (χ2v) is 4.85. The van der Waals surface area contributed by atoms with E-state index in [0.29, 0.717) is 5.92 Å². The van der Waals surface area contributed by atoms with Crippen LogP contribution in [0.2, 0.25) is 0 Å². The molecule has 2 aromatic rings. The Morgan fingerprint density at radius 3 is 3.13 bits per heavy atom. The van der Waals surface area contributed by atoms with Crippen molar-refractivity contribution in [2.24, 2.45) is 0 Å². The van der Waals surface area contributed by atoms with Crippen molar-refractivity contribution < 1.29 is 4.42 Å². The predicted molar refractivity (Wildman–Crippen MR) is 64.1 cm³/mol. The summed E-state index contributed by atoms with van der Waals surface area (Å²) in [4.78, 5) is 0. The number of furan rings is 1. The molecule has 2 heterocycles. The van der Waals surface area contributed by atoms with Crippen LogP contribution in [-0.4, -0.2) is 13.1 Å². The first-order valence-electron chi connectivity index (χ1n) is 5.22. The van der Waals surface area contributed by atoms with E-state index in [2.05, 4.69) is 39.4 Å². The number of halogens is 1. The monoisotopic (exact) mass is 265 g/mol. The lowest BCUT2D eigenvalue weighted by atomic mass is 9.97. The first-order chi connectivity index (χ1) is 7.36. The van der Waals surface area contributed by atoms with E-state index >= 15 is 0 Å². The lowest BCUT2D eigenvalue weighted by Crippen LogP contribution is -2.07. The van der Waals surface area contributed by atoms with E-state index in [0.717, 1.165) is 23.1 Å². The van der Waals surface area contributed by atoms with Crippen LogP contribution in [0.25, 0.3) is 11.0 Å². The van der Waals surface area contributed by atoms with Gasteiger partial charge in [0.15, 0.2) is 0 Å². The molecule has 3 heteroatoms. The highest BCUT2D eigenvalue weighted by atomic mass is 79.9. The molecule has 1 aromatic carbocycles. The number of fused-ring (bicyclic) bond motifs is 1. The third-order valence-electron chi connectivity index (χ3n) is 3.08. The molecule has 0 radical (unpaired) electrons. The number of hydrogen-bond donors (Lipinski definition) is 1. The quantitative estimate of drug-likeness (QED) is 0.856. The van der Waals surface area contributed by atoms with Crippen LogP contribution >= 0.6 is 15.9 Å². The first kappa shape index (κ1) is 9.43. The van der Waals surface area contributed by atoms with Gasteiger partial charge in [-0.05, 0) is 40.5 Å². The Kier molecular flexibility index (Phi) is 2.29. The molecule has 1 atom stereocenters. The molecule has 1 aliphatic rings. The average Bonchev–Trinajstić information content (AvgIpc) is 2.88. The molecule has 1 aromatic heterocycles. The van der Waals surface area contributed by atoms with E-state index in [1.54, 1.807) is 6.26 Å². The predicted octanol–water partition coefficient (Wildman–Crippen LogP) is 3.27. The number of nitrogens with one attached hydrogen (secondary N) is 1. The topological polar surface area (TPSA) is 25.2 Å². The van der Waals surface area contributed by atoms with Crippen LogP contribution in [0.15, 0.2) is 33.4 Å². The Labute approximate surface area is 96.8 Å². The van der Waals surface area contributed by atoms with Gasteiger partial charge in [0.1, 0.15) is 11.8 Å². The molecule has 1 saturated heterocycles. The highest BCUT2D eigenvalue weighted by Crippen LogP contribution is 2.33. The van der Waals surface area contributed by atoms with E-state index in [4.69, 9.17) is 4.42 Å². The zero-order chi connectivity index (χ0) is 10.3. The van der Waals surface area contributed by atoms with E-state index in [-0.39, 0.29) is 0 Å². The lowest BCUT2D eigenvalue weighted by Gasteiger charge is -2.08.